The van der Waals surface area contributed by atoms with E-state index in [-0.39, 0.29) is 6.04 Å². The maximum absolute atomic E-state index is 5.64. The van der Waals surface area contributed by atoms with Crippen molar-refractivity contribution in [3.63, 3.8) is 0 Å². The molecule has 19 heavy (non-hydrogen) atoms. The molecule has 2 aromatic carbocycles. The van der Waals surface area contributed by atoms with Crippen molar-refractivity contribution in [3.8, 4) is 0 Å². The van der Waals surface area contributed by atoms with E-state index < -0.39 is 0 Å². The third-order valence-electron chi connectivity index (χ3n) is 2.92. The van der Waals surface area contributed by atoms with Crippen LogP contribution in [0.2, 0.25) is 0 Å². The minimum Gasteiger partial charge on any atom is -0.389 e. The number of anilines is 1. The fourth-order valence-electron chi connectivity index (χ4n) is 1.88. The summed E-state index contributed by atoms with van der Waals surface area (Å²) in [5.41, 5.74) is 8.77. The van der Waals surface area contributed by atoms with Crippen LogP contribution in [0, 0.1) is 0 Å². The number of hydrogen-bond acceptors (Lipinski definition) is 2. The normalized spacial score (nSPS) is 11.9. The van der Waals surface area contributed by atoms with Crippen LogP contribution >= 0.6 is 28.1 Å². The summed E-state index contributed by atoms with van der Waals surface area (Å²) in [5, 5.41) is 3.45. The van der Waals surface area contributed by atoms with Crippen molar-refractivity contribution in [1.82, 2.24) is 0 Å². The van der Waals surface area contributed by atoms with Crippen molar-refractivity contribution in [2.24, 2.45) is 5.73 Å². The van der Waals surface area contributed by atoms with Crippen LogP contribution in [0.25, 0.3) is 0 Å². The predicted molar refractivity (Wildman–Crippen MR) is 88.5 cm³/mol. The lowest BCUT2D eigenvalue weighted by atomic mass is 10.1. The van der Waals surface area contributed by atoms with Gasteiger partial charge in [0.25, 0.3) is 0 Å². The standard InChI is InChI=1S/C15H15BrN2S/c1-10(11-5-3-2-4-6-11)18-12-7-8-13(15(17)19)14(16)9-12/h2-10,18H,1H3,(H2,17,19). The molecule has 0 saturated heterocycles. The van der Waals surface area contributed by atoms with Crippen molar-refractivity contribution in [2.45, 2.75) is 13.0 Å². The quantitative estimate of drug-likeness (QED) is 0.820. The highest BCUT2D eigenvalue weighted by Crippen LogP contribution is 2.24. The van der Waals surface area contributed by atoms with Crippen molar-refractivity contribution >= 4 is 38.8 Å². The number of benzene rings is 2. The largest absolute Gasteiger partial charge is 0.389 e. The summed E-state index contributed by atoms with van der Waals surface area (Å²) >= 11 is 8.47. The number of thiocarbonyl (C=S) groups is 1. The molecule has 98 valence electrons. The van der Waals surface area contributed by atoms with E-state index in [2.05, 4.69) is 40.3 Å². The van der Waals surface area contributed by atoms with Gasteiger partial charge in [0.1, 0.15) is 4.99 Å². The van der Waals surface area contributed by atoms with Gasteiger partial charge >= 0.3 is 0 Å². The first kappa shape index (κ1) is 14.0. The van der Waals surface area contributed by atoms with Gasteiger partial charge in [-0.05, 0) is 46.6 Å². The fourth-order valence-corrected chi connectivity index (χ4v) is 2.78. The molecule has 0 saturated carbocycles. The Morgan fingerprint density at radius 3 is 2.47 bits per heavy atom. The van der Waals surface area contributed by atoms with Gasteiger partial charge in [0.2, 0.25) is 0 Å². The first-order valence-corrected chi connectivity index (χ1v) is 7.19. The summed E-state index contributed by atoms with van der Waals surface area (Å²) in [4.78, 5) is 0.398. The van der Waals surface area contributed by atoms with Crippen LogP contribution in [0.5, 0.6) is 0 Å². The molecule has 2 aromatic rings. The first-order chi connectivity index (χ1) is 9.08. The van der Waals surface area contributed by atoms with Gasteiger partial charge in [0.15, 0.2) is 0 Å². The Hall–Kier alpha value is -1.39. The molecule has 0 fully saturated rings. The smallest absolute Gasteiger partial charge is 0.105 e. The molecule has 0 amide bonds. The van der Waals surface area contributed by atoms with Crippen LogP contribution in [-0.2, 0) is 0 Å². The molecule has 1 atom stereocenters. The van der Waals surface area contributed by atoms with E-state index in [0.717, 1.165) is 15.7 Å². The molecule has 0 aliphatic heterocycles. The van der Waals surface area contributed by atoms with E-state index in [0.29, 0.717) is 4.99 Å². The lowest BCUT2D eigenvalue weighted by molar-refractivity contribution is 0.884. The maximum atomic E-state index is 5.64. The highest BCUT2D eigenvalue weighted by atomic mass is 79.9. The summed E-state index contributed by atoms with van der Waals surface area (Å²) in [6, 6.07) is 16.5. The molecule has 0 aliphatic carbocycles. The van der Waals surface area contributed by atoms with Crippen molar-refractivity contribution in [3.05, 3.63) is 64.1 Å². The Labute approximate surface area is 127 Å². The van der Waals surface area contributed by atoms with Crippen LogP contribution in [0.15, 0.2) is 53.0 Å². The second-order valence-electron chi connectivity index (χ2n) is 4.34. The van der Waals surface area contributed by atoms with E-state index >= 15 is 0 Å². The third-order valence-corrected chi connectivity index (χ3v) is 3.79. The highest BCUT2D eigenvalue weighted by molar-refractivity contribution is 9.10. The van der Waals surface area contributed by atoms with Gasteiger partial charge in [-0.25, -0.2) is 0 Å². The average Bonchev–Trinajstić information content (AvgIpc) is 2.39. The third kappa shape index (κ3) is 3.55. The number of halogens is 1. The summed E-state index contributed by atoms with van der Waals surface area (Å²) in [6.07, 6.45) is 0. The van der Waals surface area contributed by atoms with Gasteiger partial charge in [-0.15, -0.1) is 0 Å². The van der Waals surface area contributed by atoms with Crippen LogP contribution in [0.1, 0.15) is 24.1 Å². The highest BCUT2D eigenvalue weighted by Gasteiger charge is 2.07. The lowest BCUT2D eigenvalue weighted by Crippen LogP contribution is -2.11. The second-order valence-corrected chi connectivity index (χ2v) is 5.63. The Morgan fingerprint density at radius 2 is 1.89 bits per heavy atom. The lowest BCUT2D eigenvalue weighted by Gasteiger charge is -2.16. The van der Waals surface area contributed by atoms with Gasteiger partial charge in [-0.3, -0.25) is 0 Å². The summed E-state index contributed by atoms with van der Waals surface area (Å²) in [6.45, 7) is 2.13. The fraction of sp³-hybridized carbons (Fsp3) is 0.133. The number of nitrogens with one attached hydrogen (secondary N) is 1. The Bertz CT molecular complexity index is 584. The van der Waals surface area contributed by atoms with Gasteiger partial charge in [-0.2, -0.15) is 0 Å². The number of hydrogen-bond donors (Lipinski definition) is 2. The Kier molecular flexibility index (Phi) is 4.56. The van der Waals surface area contributed by atoms with E-state index in [1.807, 2.05) is 36.4 Å². The van der Waals surface area contributed by atoms with Gasteiger partial charge in [0.05, 0.1) is 0 Å². The molecule has 2 nitrogen and oxygen atoms in total. The first-order valence-electron chi connectivity index (χ1n) is 5.99. The molecular weight excluding hydrogens is 320 g/mol. The van der Waals surface area contributed by atoms with Crippen LogP contribution < -0.4 is 11.1 Å². The molecule has 0 aromatic heterocycles. The zero-order valence-electron chi connectivity index (χ0n) is 10.6. The van der Waals surface area contributed by atoms with Crippen molar-refractivity contribution in [2.75, 3.05) is 5.32 Å². The molecule has 0 heterocycles. The topological polar surface area (TPSA) is 38.0 Å². The molecule has 4 heteroatoms. The van der Waals surface area contributed by atoms with E-state index in [9.17, 15) is 0 Å². The maximum Gasteiger partial charge on any atom is 0.105 e. The summed E-state index contributed by atoms with van der Waals surface area (Å²) in [5.74, 6) is 0. The van der Waals surface area contributed by atoms with Crippen LogP contribution in [0.4, 0.5) is 5.69 Å². The summed E-state index contributed by atoms with van der Waals surface area (Å²) < 4.78 is 0.908. The van der Waals surface area contributed by atoms with E-state index in [4.69, 9.17) is 18.0 Å². The second kappa shape index (κ2) is 6.17. The van der Waals surface area contributed by atoms with Gasteiger partial charge in [-0.1, -0.05) is 42.5 Å². The van der Waals surface area contributed by atoms with Crippen molar-refractivity contribution in [1.29, 1.82) is 0 Å². The molecular formula is C15H15BrN2S. The molecule has 0 spiro atoms. The zero-order chi connectivity index (χ0) is 13.8. The SMILES string of the molecule is CC(Nc1ccc(C(N)=S)c(Br)c1)c1ccccc1. The Balaban J connectivity index is 2.16. The molecule has 2 rings (SSSR count). The molecule has 3 N–H and O–H groups in total. The number of nitrogens with two attached hydrogens (primary N) is 1. The summed E-state index contributed by atoms with van der Waals surface area (Å²) in [7, 11) is 0. The monoisotopic (exact) mass is 334 g/mol. The van der Waals surface area contributed by atoms with E-state index in [1.165, 1.54) is 5.56 Å². The Morgan fingerprint density at radius 1 is 1.21 bits per heavy atom. The van der Waals surface area contributed by atoms with Crippen molar-refractivity contribution < 1.29 is 0 Å². The van der Waals surface area contributed by atoms with Crippen LogP contribution in [-0.4, -0.2) is 4.99 Å². The minimum absolute atomic E-state index is 0.240. The molecule has 0 radical (unpaired) electrons. The predicted octanol–water partition coefficient (Wildman–Crippen LogP) is 4.26. The molecule has 1 unspecified atom stereocenters. The minimum atomic E-state index is 0.240. The average molecular weight is 335 g/mol. The van der Waals surface area contributed by atoms with Gasteiger partial charge < -0.3 is 11.1 Å². The molecule has 0 bridgehead atoms. The van der Waals surface area contributed by atoms with Gasteiger partial charge in [0, 0.05) is 21.8 Å². The van der Waals surface area contributed by atoms with Crippen LogP contribution in [0.3, 0.4) is 0 Å². The molecule has 0 aliphatic rings. The number of rotatable bonds is 4. The van der Waals surface area contributed by atoms with E-state index in [1.54, 1.807) is 0 Å². The zero-order valence-corrected chi connectivity index (χ0v) is 13.0.